The van der Waals surface area contributed by atoms with E-state index in [0.717, 1.165) is 0 Å². The van der Waals surface area contributed by atoms with Crippen molar-refractivity contribution in [2.75, 3.05) is 0 Å². The molecule has 1 rings (SSSR count). The summed E-state index contributed by atoms with van der Waals surface area (Å²) in [4.78, 5) is 10.7. The van der Waals surface area contributed by atoms with Gasteiger partial charge in [-0.25, -0.2) is 0 Å². The van der Waals surface area contributed by atoms with Gasteiger partial charge in [-0.3, -0.25) is 4.79 Å². The van der Waals surface area contributed by atoms with Gasteiger partial charge in [-0.1, -0.05) is 17.6 Å². The SMILES string of the molecule is [B]c1ccc([C@@H](C)NC(=O)C(F)(F)F)cc1O. The molecule has 0 spiro atoms. The molecule has 7 heteroatoms. The standard InChI is InChI=1S/C10H9BF3NO2/c1-5(15-9(17)10(12,13)14)6-2-3-7(11)8(16)4-6/h2-5,16H,1H3,(H,15,17)/t5-/m1/s1. The summed E-state index contributed by atoms with van der Waals surface area (Å²) in [6, 6.07) is 3.10. The van der Waals surface area contributed by atoms with Gasteiger partial charge in [0.2, 0.25) is 0 Å². The first-order chi connectivity index (χ1) is 7.71. The van der Waals surface area contributed by atoms with E-state index in [-0.39, 0.29) is 11.2 Å². The number of phenols is 1. The Hall–Kier alpha value is -1.66. The molecule has 0 unspecified atom stereocenters. The van der Waals surface area contributed by atoms with Gasteiger partial charge in [-0.05, 0) is 18.6 Å². The molecule has 0 aliphatic rings. The van der Waals surface area contributed by atoms with Crippen LogP contribution in [0.25, 0.3) is 0 Å². The Kier molecular flexibility index (Phi) is 3.70. The van der Waals surface area contributed by atoms with Crippen LogP contribution in [0.2, 0.25) is 0 Å². The van der Waals surface area contributed by atoms with Gasteiger partial charge in [0.05, 0.1) is 6.04 Å². The summed E-state index contributed by atoms with van der Waals surface area (Å²) in [5.74, 6) is -2.27. The number of carbonyl (C=O) groups is 1. The number of nitrogens with one attached hydrogen (secondary N) is 1. The van der Waals surface area contributed by atoms with Crippen LogP contribution in [-0.4, -0.2) is 25.0 Å². The van der Waals surface area contributed by atoms with Crippen molar-refractivity contribution in [2.24, 2.45) is 0 Å². The number of hydrogen-bond acceptors (Lipinski definition) is 2. The minimum absolute atomic E-state index is 0.114. The average Bonchev–Trinajstić information content (AvgIpc) is 2.20. The number of phenolic OH excluding ortho intramolecular Hbond substituents is 1. The van der Waals surface area contributed by atoms with Crippen molar-refractivity contribution in [1.82, 2.24) is 5.32 Å². The van der Waals surface area contributed by atoms with Crippen molar-refractivity contribution in [3.8, 4) is 5.75 Å². The third kappa shape index (κ3) is 3.40. The summed E-state index contributed by atoms with van der Waals surface area (Å²) in [5, 5.41) is 11.0. The van der Waals surface area contributed by atoms with Crippen molar-refractivity contribution in [3.05, 3.63) is 23.8 Å². The Morgan fingerprint density at radius 1 is 1.47 bits per heavy atom. The van der Waals surface area contributed by atoms with E-state index in [4.69, 9.17) is 7.85 Å². The maximum Gasteiger partial charge on any atom is 0.471 e. The van der Waals surface area contributed by atoms with Crippen LogP contribution in [0.1, 0.15) is 18.5 Å². The molecule has 0 aliphatic carbocycles. The molecule has 1 aromatic carbocycles. The van der Waals surface area contributed by atoms with Crippen LogP contribution in [-0.2, 0) is 4.79 Å². The Bertz CT molecular complexity index is 434. The van der Waals surface area contributed by atoms with Crippen molar-refractivity contribution in [1.29, 1.82) is 0 Å². The largest absolute Gasteiger partial charge is 0.509 e. The fourth-order valence-electron chi connectivity index (χ4n) is 1.19. The fourth-order valence-corrected chi connectivity index (χ4v) is 1.19. The van der Waals surface area contributed by atoms with Crippen LogP contribution in [0.5, 0.6) is 5.75 Å². The highest BCUT2D eigenvalue weighted by Crippen LogP contribution is 2.20. The van der Waals surface area contributed by atoms with E-state index in [1.54, 1.807) is 5.32 Å². The molecule has 3 nitrogen and oxygen atoms in total. The molecule has 1 aromatic rings. The van der Waals surface area contributed by atoms with Crippen LogP contribution < -0.4 is 10.8 Å². The van der Waals surface area contributed by atoms with E-state index in [1.807, 2.05) is 0 Å². The molecule has 17 heavy (non-hydrogen) atoms. The smallest absolute Gasteiger partial charge is 0.471 e. The number of hydrogen-bond donors (Lipinski definition) is 2. The second-order valence-corrected chi connectivity index (χ2v) is 3.51. The van der Waals surface area contributed by atoms with Crippen molar-refractivity contribution in [3.63, 3.8) is 0 Å². The number of alkyl halides is 3. The van der Waals surface area contributed by atoms with E-state index in [9.17, 15) is 23.1 Å². The monoisotopic (exact) mass is 243 g/mol. The van der Waals surface area contributed by atoms with Gasteiger partial charge in [-0.2, -0.15) is 13.2 Å². The fraction of sp³-hybridized carbons (Fsp3) is 0.300. The van der Waals surface area contributed by atoms with Gasteiger partial charge >= 0.3 is 12.1 Å². The predicted octanol–water partition coefficient (Wildman–Crippen LogP) is 0.925. The number of rotatable bonds is 2. The molecule has 0 aromatic heterocycles. The maximum absolute atomic E-state index is 12.0. The van der Waals surface area contributed by atoms with Crippen molar-refractivity contribution in [2.45, 2.75) is 19.1 Å². The molecule has 0 bridgehead atoms. The first kappa shape index (κ1) is 13.4. The van der Waals surface area contributed by atoms with Crippen molar-refractivity contribution >= 4 is 19.2 Å². The van der Waals surface area contributed by atoms with E-state index >= 15 is 0 Å². The minimum Gasteiger partial charge on any atom is -0.509 e. The van der Waals surface area contributed by atoms with Crippen molar-refractivity contribution < 1.29 is 23.1 Å². The normalized spacial score (nSPS) is 13.2. The lowest BCUT2D eigenvalue weighted by atomic mass is 9.92. The molecule has 1 atom stereocenters. The third-order valence-electron chi connectivity index (χ3n) is 2.16. The molecule has 0 fully saturated rings. The zero-order valence-electron chi connectivity index (χ0n) is 8.88. The zero-order chi connectivity index (χ0) is 13.2. The number of amides is 1. The summed E-state index contributed by atoms with van der Waals surface area (Å²) >= 11 is 0. The Balaban J connectivity index is 2.80. The van der Waals surface area contributed by atoms with Crippen LogP contribution in [0.3, 0.4) is 0 Å². The molecule has 1 amide bonds. The number of aromatic hydroxyl groups is 1. The second kappa shape index (κ2) is 4.69. The Labute approximate surface area is 97.0 Å². The first-order valence-corrected chi connectivity index (χ1v) is 4.68. The molecule has 90 valence electrons. The second-order valence-electron chi connectivity index (χ2n) is 3.51. The molecule has 0 saturated heterocycles. The van der Waals surface area contributed by atoms with Gasteiger partial charge in [0.15, 0.2) is 0 Å². The van der Waals surface area contributed by atoms with Gasteiger partial charge in [0, 0.05) is 0 Å². The average molecular weight is 243 g/mol. The lowest BCUT2D eigenvalue weighted by molar-refractivity contribution is -0.174. The third-order valence-corrected chi connectivity index (χ3v) is 2.16. The Morgan fingerprint density at radius 2 is 2.06 bits per heavy atom. The summed E-state index contributed by atoms with van der Waals surface area (Å²) in [7, 11) is 5.34. The topological polar surface area (TPSA) is 49.3 Å². The zero-order valence-corrected chi connectivity index (χ0v) is 8.88. The van der Waals surface area contributed by atoms with E-state index < -0.39 is 18.1 Å². The lowest BCUT2D eigenvalue weighted by Gasteiger charge is -2.16. The number of carbonyl (C=O) groups excluding carboxylic acids is 1. The molecule has 0 aliphatic heterocycles. The number of halogens is 3. The van der Waals surface area contributed by atoms with E-state index in [2.05, 4.69) is 0 Å². The highest BCUT2D eigenvalue weighted by Gasteiger charge is 2.39. The van der Waals surface area contributed by atoms with E-state index in [0.29, 0.717) is 5.56 Å². The highest BCUT2D eigenvalue weighted by molar-refractivity contribution is 6.34. The minimum atomic E-state index is -4.93. The molecule has 0 heterocycles. The van der Waals surface area contributed by atoms with Crippen LogP contribution in [0.15, 0.2) is 18.2 Å². The van der Waals surface area contributed by atoms with Crippen LogP contribution in [0.4, 0.5) is 13.2 Å². The summed E-state index contributed by atoms with van der Waals surface area (Å²) in [6.45, 7) is 1.37. The van der Waals surface area contributed by atoms with Crippen LogP contribution >= 0.6 is 0 Å². The molecule has 0 saturated carbocycles. The molecular formula is C10H9BF3NO2. The lowest BCUT2D eigenvalue weighted by Crippen LogP contribution is -2.38. The highest BCUT2D eigenvalue weighted by atomic mass is 19.4. The van der Waals surface area contributed by atoms with E-state index in [1.165, 1.54) is 25.1 Å². The van der Waals surface area contributed by atoms with Gasteiger partial charge in [-0.15, -0.1) is 0 Å². The summed E-state index contributed by atoms with van der Waals surface area (Å²) < 4.78 is 36.0. The molecule has 2 N–H and O–H groups in total. The molecular weight excluding hydrogens is 234 g/mol. The predicted molar refractivity (Wildman–Crippen MR) is 56.1 cm³/mol. The first-order valence-electron chi connectivity index (χ1n) is 4.68. The summed E-state index contributed by atoms with van der Waals surface area (Å²) in [6.07, 6.45) is -4.93. The number of benzene rings is 1. The molecule has 2 radical (unpaired) electrons. The van der Waals surface area contributed by atoms with Crippen LogP contribution in [0, 0.1) is 0 Å². The van der Waals surface area contributed by atoms with Gasteiger partial charge < -0.3 is 10.4 Å². The van der Waals surface area contributed by atoms with Gasteiger partial charge in [0.1, 0.15) is 13.6 Å². The quantitative estimate of drug-likeness (QED) is 0.759. The Morgan fingerprint density at radius 3 is 2.53 bits per heavy atom. The van der Waals surface area contributed by atoms with Gasteiger partial charge in [0.25, 0.3) is 0 Å². The summed E-state index contributed by atoms with van der Waals surface area (Å²) in [5.41, 5.74) is 0.442. The maximum atomic E-state index is 12.0.